The molecular weight excluding hydrogens is 396 g/mol. The minimum absolute atomic E-state index is 0.0352. The van der Waals surface area contributed by atoms with Crippen molar-refractivity contribution < 1.29 is 17.9 Å². The molecule has 4 rings (SSSR count). The summed E-state index contributed by atoms with van der Waals surface area (Å²) < 4.78 is 32.7. The molecule has 0 spiro atoms. The molecule has 0 aliphatic carbocycles. The Labute approximate surface area is 167 Å². The first-order chi connectivity index (χ1) is 13.4. The lowest BCUT2D eigenvalue weighted by molar-refractivity contribution is 0.0596. The summed E-state index contributed by atoms with van der Waals surface area (Å²) in [7, 11) is -2.66. The van der Waals surface area contributed by atoms with Crippen LogP contribution in [0.4, 0.5) is 5.69 Å². The van der Waals surface area contributed by atoms with E-state index < -0.39 is 16.0 Å². The van der Waals surface area contributed by atoms with E-state index in [4.69, 9.17) is 4.74 Å². The molecule has 2 heterocycles. The van der Waals surface area contributed by atoms with Crippen molar-refractivity contribution in [3.05, 3.63) is 64.0 Å². The number of methoxy groups -OCH3 is 1. The summed E-state index contributed by atoms with van der Waals surface area (Å²) in [5.41, 5.74) is 3.48. The van der Waals surface area contributed by atoms with E-state index in [9.17, 15) is 13.2 Å². The van der Waals surface area contributed by atoms with Crippen molar-refractivity contribution in [2.45, 2.75) is 18.2 Å². The molecule has 0 N–H and O–H groups in total. The summed E-state index contributed by atoms with van der Waals surface area (Å²) in [6.45, 7) is 2.28. The number of carbonyl (C=O) groups excluding carboxylic acids is 1. The largest absolute Gasteiger partial charge is 0.465 e. The smallest absolute Gasteiger partial charge is 0.339 e. The van der Waals surface area contributed by atoms with Crippen molar-refractivity contribution in [2.24, 2.45) is 0 Å². The van der Waals surface area contributed by atoms with Gasteiger partial charge < -0.3 is 4.74 Å². The maximum atomic E-state index is 13.3. The van der Waals surface area contributed by atoms with Crippen LogP contribution >= 0.6 is 11.3 Å². The number of aryl methyl sites for hydroxylation is 1. The number of esters is 1. The highest BCUT2D eigenvalue weighted by atomic mass is 32.2. The fraction of sp³-hybridized carbons (Fsp3) is 0.200. The van der Waals surface area contributed by atoms with E-state index in [-0.39, 0.29) is 10.5 Å². The van der Waals surface area contributed by atoms with Gasteiger partial charge in [-0.25, -0.2) is 18.2 Å². The Balaban J connectivity index is 1.74. The molecular formula is C20H18N2O4S2. The van der Waals surface area contributed by atoms with Crippen molar-refractivity contribution in [3.63, 3.8) is 0 Å². The molecule has 0 saturated heterocycles. The van der Waals surface area contributed by atoms with Crippen LogP contribution < -0.4 is 4.31 Å². The Bertz CT molecular complexity index is 1170. The predicted molar refractivity (Wildman–Crippen MR) is 108 cm³/mol. The van der Waals surface area contributed by atoms with Crippen LogP contribution in [0.2, 0.25) is 0 Å². The zero-order valence-electron chi connectivity index (χ0n) is 15.4. The van der Waals surface area contributed by atoms with Crippen LogP contribution in [0.25, 0.3) is 11.3 Å². The third-order valence-corrected chi connectivity index (χ3v) is 7.35. The van der Waals surface area contributed by atoms with Gasteiger partial charge >= 0.3 is 5.97 Å². The number of fused-ring (bicyclic) bond motifs is 1. The molecule has 0 unspecified atom stereocenters. The number of thiazole rings is 1. The highest BCUT2D eigenvalue weighted by molar-refractivity contribution is 7.93. The highest BCUT2D eigenvalue weighted by Crippen LogP contribution is 2.36. The van der Waals surface area contributed by atoms with E-state index in [1.54, 1.807) is 23.5 Å². The summed E-state index contributed by atoms with van der Waals surface area (Å²) in [5.74, 6) is -0.673. The Morgan fingerprint density at radius 2 is 2.00 bits per heavy atom. The second kappa shape index (κ2) is 7.03. The Kier molecular flexibility index (Phi) is 4.68. The normalized spacial score (nSPS) is 13.4. The molecule has 1 aliphatic rings. The van der Waals surface area contributed by atoms with E-state index in [0.717, 1.165) is 21.8 Å². The Morgan fingerprint density at radius 3 is 2.71 bits per heavy atom. The molecule has 6 nitrogen and oxygen atoms in total. The van der Waals surface area contributed by atoms with Crippen LogP contribution in [0.3, 0.4) is 0 Å². The van der Waals surface area contributed by atoms with Gasteiger partial charge in [0.15, 0.2) is 0 Å². The van der Waals surface area contributed by atoms with Crippen LogP contribution in [0, 0.1) is 6.92 Å². The van der Waals surface area contributed by atoms with Crippen LogP contribution in [-0.4, -0.2) is 33.0 Å². The molecule has 144 valence electrons. The van der Waals surface area contributed by atoms with Crippen LogP contribution in [0.1, 0.15) is 20.9 Å². The van der Waals surface area contributed by atoms with Gasteiger partial charge in [0.1, 0.15) is 4.90 Å². The van der Waals surface area contributed by atoms with Gasteiger partial charge in [-0.05, 0) is 43.2 Å². The fourth-order valence-corrected chi connectivity index (χ4v) is 5.67. The summed E-state index contributed by atoms with van der Waals surface area (Å²) in [4.78, 5) is 16.5. The quantitative estimate of drug-likeness (QED) is 0.609. The van der Waals surface area contributed by atoms with Crippen molar-refractivity contribution in [1.82, 2.24) is 4.98 Å². The number of rotatable bonds is 4. The first kappa shape index (κ1) is 18.6. The fourth-order valence-electron chi connectivity index (χ4n) is 3.37. The second-order valence-corrected chi connectivity index (χ2v) is 9.30. The van der Waals surface area contributed by atoms with Crippen molar-refractivity contribution in [3.8, 4) is 11.3 Å². The average molecular weight is 415 g/mol. The molecule has 0 bridgehead atoms. The lowest BCUT2D eigenvalue weighted by Gasteiger charge is -2.21. The number of ether oxygens (including phenoxy) is 1. The minimum atomic E-state index is -3.89. The molecule has 3 aromatic rings. The zero-order valence-corrected chi connectivity index (χ0v) is 17.0. The topological polar surface area (TPSA) is 76.6 Å². The Hall–Kier alpha value is -2.71. The van der Waals surface area contributed by atoms with Gasteiger partial charge in [-0.15, -0.1) is 11.3 Å². The van der Waals surface area contributed by atoms with E-state index >= 15 is 0 Å². The van der Waals surface area contributed by atoms with Crippen molar-refractivity contribution >= 4 is 33.0 Å². The van der Waals surface area contributed by atoms with Gasteiger partial charge in [0.25, 0.3) is 10.0 Å². The first-order valence-corrected chi connectivity index (χ1v) is 11.0. The standard InChI is InChI=1S/C20H18N2O4S2/c1-13-21-17(12-27-13)14-7-8-18-15(11-14)9-10-22(18)28(24,25)19-6-4-3-5-16(19)20(23)26-2/h3-8,11-12H,9-10H2,1-2H3. The molecule has 0 amide bonds. The van der Waals surface area contributed by atoms with Crippen LogP contribution in [-0.2, 0) is 21.2 Å². The van der Waals surface area contributed by atoms with E-state index in [0.29, 0.717) is 18.7 Å². The molecule has 2 aromatic carbocycles. The summed E-state index contributed by atoms with van der Waals surface area (Å²) in [5, 5.41) is 2.98. The number of nitrogens with zero attached hydrogens (tertiary/aromatic N) is 2. The maximum absolute atomic E-state index is 13.3. The number of hydrogen-bond acceptors (Lipinski definition) is 6. The molecule has 1 aliphatic heterocycles. The number of sulfonamides is 1. The molecule has 1 aromatic heterocycles. The first-order valence-electron chi connectivity index (χ1n) is 8.67. The van der Waals surface area contributed by atoms with Gasteiger partial charge in [0, 0.05) is 17.5 Å². The summed E-state index contributed by atoms with van der Waals surface area (Å²) in [6.07, 6.45) is 0.603. The monoisotopic (exact) mass is 414 g/mol. The Morgan fingerprint density at radius 1 is 1.21 bits per heavy atom. The van der Waals surface area contributed by atoms with Crippen molar-refractivity contribution in [2.75, 3.05) is 18.0 Å². The third-order valence-electron chi connectivity index (χ3n) is 4.71. The van der Waals surface area contributed by atoms with E-state index in [1.807, 2.05) is 30.5 Å². The van der Waals surface area contributed by atoms with Gasteiger partial charge in [-0.2, -0.15) is 0 Å². The lowest BCUT2D eigenvalue weighted by Crippen LogP contribution is -2.30. The summed E-state index contributed by atoms with van der Waals surface area (Å²) >= 11 is 1.58. The minimum Gasteiger partial charge on any atom is -0.465 e. The summed E-state index contributed by atoms with van der Waals surface area (Å²) in [6, 6.07) is 11.8. The molecule has 0 atom stereocenters. The number of carbonyl (C=O) groups is 1. The second-order valence-electron chi connectivity index (χ2n) is 6.41. The molecule has 28 heavy (non-hydrogen) atoms. The molecule has 0 radical (unpaired) electrons. The highest BCUT2D eigenvalue weighted by Gasteiger charge is 2.33. The third kappa shape index (κ3) is 3.08. The predicted octanol–water partition coefficient (Wildman–Crippen LogP) is 3.66. The van der Waals surface area contributed by atoms with Gasteiger partial charge in [0.2, 0.25) is 0 Å². The zero-order chi connectivity index (χ0) is 19.9. The number of hydrogen-bond donors (Lipinski definition) is 0. The number of aromatic nitrogens is 1. The van der Waals surface area contributed by atoms with E-state index in [2.05, 4.69) is 4.98 Å². The SMILES string of the molecule is COC(=O)c1ccccc1S(=O)(=O)N1CCc2cc(-c3csc(C)n3)ccc21. The van der Waals surface area contributed by atoms with Crippen LogP contribution in [0.15, 0.2) is 52.7 Å². The molecule has 8 heteroatoms. The van der Waals surface area contributed by atoms with E-state index in [1.165, 1.54) is 23.5 Å². The van der Waals surface area contributed by atoms with Crippen molar-refractivity contribution in [1.29, 1.82) is 0 Å². The van der Waals surface area contributed by atoms with Gasteiger partial charge in [0.05, 0.1) is 29.1 Å². The molecule has 0 saturated carbocycles. The maximum Gasteiger partial charge on any atom is 0.339 e. The lowest BCUT2D eigenvalue weighted by atomic mass is 10.1. The van der Waals surface area contributed by atoms with Gasteiger partial charge in [-0.3, -0.25) is 4.31 Å². The van der Waals surface area contributed by atoms with Gasteiger partial charge in [-0.1, -0.05) is 18.2 Å². The van der Waals surface area contributed by atoms with Crippen LogP contribution in [0.5, 0.6) is 0 Å². The molecule has 0 fully saturated rings. The average Bonchev–Trinajstić information content (AvgIpc) is 3.33. The number of anilines is 1. The number of benzene rings is 2.